The van der Waals surface area contributed by atoms with Gasteiger partial charge in [-0.3, -0.25) is 4.57 Å². The molecule has 21 heavy (non-hydrogen) atoms. The molecule has 0 aliphatic carbocycles. The maximum absolute atomic E-state index is 6.29. The van der Waals surface area contributed by atoms with Crippen molar-refractivity contribution in [1.29, 1.82) is 0 Å². The summed E-state index contributed by atoms with van der Waals surface area (Å²) >= 11 is 12.2. The molecule has 0 radical (unpaired) electrons. The molecule has 0 aliphatic rings. The summed E-state index contributed by atoms with van der Waals surface area (Å²) in [6.07, 6.45) is 0.708. The maximum Gasteiger partial charge on any atom is 0.115 e. The van der Waals surface area contributed by atoms with Gasteiger partial charge in [0.2, 0.25) is 0 Å². The lowest BCUT2D eigenvalue weighted by molar-refractivity contribution is 0.906. The predicted octanol–water partition coefficient (Wildman–Crippen LogP) is 5.08. The first-order valence-corrected chi connectivity index (χ1v) is 7.82. The second kappa shape index (κ2) is 5.70. The van der Waals surface area contributed by atoms with E-state index in [0.717, 1.165) is 22.5 Å². The van der Waals surface area contributed by atoms with Crippen LogP contribution >= 0.6 is 23.2 Å². The van der Waals surface area contributed by atoms with E-state index in [9.17, 15) is 0 Å². The lowest BCUT2D eigenvalue weighted by Crippen LogP contribution is -2.04. The lowest BCUT2D eigenvalue weighted by Gasteiger charge is -2.12. The highest BCUT2D eigenvalue weighted by molar-refractivity contribution is 6.35. The van der Waals surface area contributed by atoms with Gasteiger partial charge in [0, 0.05) is 12.3 Å². The van der Waals surface area contributed by atoms with E-state index in [1.807, 2.05) is 18.2 Å². The Hall–Kier alpha value is -1.51. The summed E-state index contributed by atoms with van der Waals surface area (Å²) in [6.45, 7) is 4.21. The number of halogens is 2. The normalized spacial score (nSPS) is 11.2. The van der Waals surface area contributed by atoms with Crippen LogP contribution in [0.3, 0.4) is 0 Å². The third kappa shape index (κ3) is 2.54. The number of benzene rings is 2. The Morgan fingerprint density at radius 3 is 2.67 bits per heavy atom. The van der Waals surface area contributed by atoms with Crippen molar-refractivity contribution in [3.63, 3.8) is 0 Å². The van der Waals surface area contributed by atoms with E-state index in [4.69, 9.17) is 23.2 Å². The molecule has 108 valence electrons. The number of hydrogen-bond acceptors (Lipinski definition) is 1. The van der Waals surface area contributed by atoms with Crippen LogP contribution in [0.15, 0.2) is 36.4 Å². The first kappa shape index (κ1) is 14.4. The molecule has 0 aliphatic heterocycles. The van der Waals surface area contributed by atoms with Gasteiger partial charge in [0.25, 0.3) is 0 Å². The lowest BCUT2D eigenvalue weighted by atomic mass is 10.1. The van der Waals surface area contributed by atoms with Crippen molar-refractivity contribution in [3.8, 4) is 5.69 Å². The first-order chi connectivity index (χ1) is 10.1. The summed E-state index contributed by atoms with van der Waals surface area (Å²) in [7, 11) is 0. The number of nitrogens with zero attached hydrogens (tertiary/aromatic N) is 2. The largest absolute Gasteiger partial charge is 0.296 e. The molecule has 1 heterocycles. The van der Waals surface area contributed by atoms with Gasteiger partial charge in [0.15, 0.2) is 0 Å². The maximum atomic E-state index is 6.29. The SMILES string of the molecule is Cc1ccc(-n2c(CCCl)nc3c(Cl)cccc32)c(C)c1. The Bertz CT molecular complexity index is 806. The average Bonchev–Trinajstić information content (AvgIpc) is 2.79. The van der Waals surface area contributed by atoms with Crippen LogP contribution in [-0.2, 0) is 6.42 Å². The number of rotatable bonds is 3. The summed E-state index contributed by atoms with van der Waals surface area (Å²) in [5.74, 6) is 1.48. The zero-order chi connectivity index (χ0) is 15.0. The minimum Gasteiger partial charge on any atom is -0.296 e. The first-order valence-electron chi connectivity index (χ1n) is 6.91. The Balaban J connectivity index is 2.33. The summed E-state index contributed by atoms with van der Waals surface area (Å²) < 4.78 is 2.17. The summed E-state index contributed by atoms with van der Waals surface area (Å²) in [6, 6.07) is 12.3. The fraction of sp³-hybridized carbons (Fsp3) is 0.235. The molecule has 1 aromatic heterocycles. The van der Waals surface area contributed by atoms with E-state index >= 15 is 0 Å². The molecule has 0 atom stereocenters. The Kier molecular flexibility index (Phi) is 3.92. The van der Waals surface area contributed by atoms with Crippen molar-refractivity contribution in [1.82, 2.24) is 9.55 Å². The molecule has 2 aromatic carbocycles. The number of hydrogen-bond donors (Lipinski definition) is 0. The third-order valence-corrected chi connectivity index (χ3v) is 4.11. The quantitative estimate of drug-likeness (QED) is 0.616. The minimum atomic E-state index is 0.534. The Morgan fingerprint density at radius 1 is 1.14 bits per heavy atom. The molecule has 0 unspecified atom stereocenters. The van der Waals surface area contributed by atoms with Gasteiger partial charge in [-0.2, -0.15) is 0 Å². The standard InChI is InChI=1S/C17H16Cl2N2/c1-11-6-7-14(12(2)10-11)21-15-5-3-4-13(19)17(15)20-16(21)8-9-18/h3-7,10H,8-9H2,1-2H3. The molecular weight excluding hydrogens is 303 g/mol. The molecule has 0 bridgehead atoms. The van der Waals surface area contributed by atoms with Crippen LogP contribution in [0, 0.1) is 13.8 Å². The predicted molar refractivity (Wildman–Crippen MR) is 90.0 cm³/mol. The number of aryl methyl sites for hydroxylation is 3. The van der Waals surface area contributed by atoms with Crippen LogP contribution in [0.5, 0.6) is 0 Å². The molecule has 0 saturated carbocycles. The Morgan fingerprint density at radius 2 is 1.95 bits per heavy atom. The van der Waals surface area contributed by atoms with Crippen molar-refractivity contribution in [2.45, 2.75) is 20.3 Å². The van der Waals surface area contributed by atoms with Crippen LogP contribution in [0.25, 0.3) is 16.7 Å². The van der Waals surface area contributed by atoms with E-state index in [1.54, 1.807) is 0 Å². The molecular formula is C17H16Cl2N2. The van der Waals surface area contributed by atoms with Crippen molar-refractivity contribution in [2.24, 2.45) is 0 Å². The summed E-state index contributed by atoms with van der Waals surface area (Å²) in [4.78, 5) is 4.69. The minimum absolute atomic E-state index is 0.534. The van der Waals surface area contributed by atoms with Crippen LogP contribution in [-0.4, -0.2) is 15.4 Å². The molecule has 2 nitrogen and oxygen atoms in total. The van der Waals surface area contributed by atoms with Gasteiger partial charge in [0.05, 0.1) is 16.2 Å². The highest BCUT2D eigenvalue weighted by Gasteiger charge is 2.15. The van der Waals surface area contributed by atoms with Crippen molar-refractivity contribution < 1.29 is 0 Å². The van der Waals surface area contributed by atoms with Crippen molar-refractivity contribution >= 4 is 34.2 Å². The number of aromatic nitrogens is 2. The van der Waals surface area contributed by atoms with Crippen LogP contribution in [0.4, 0.5) is 0 Å². The third-order valence-electron chi connectivity index (χ3n) is 3.62. The van der Waals surface area contributed by atoms with E-state index in [0.29, 0.717) is 17.3 Å². The van der Waals surface area contributed by atoms with Gasteiger partial charge in [0.1, 0.15) is 11.3 Å². The molecule has 0 amide bonds. The van der Waals surface area contributed by atoms with Gasteiger partial charge in [-0.25, -0.2) is 4.98 Å². The zero-order valence-electron chi connectivity index (χ0n) is 12.0. The van der Waals surface area contributed by atoms with Gasteiger partial charge in [-0.1, -0.05) is 35.4 Å². The topological polar surface area (TPSA) is 17.8 Å². The van der Waals surface area contributed by atoms with Crippen LogP contribution in [0.2, 0.25) is 5.02 Å². The molecule has 0 N–H and O–H groups in total. The van der Waals surface area contributed by atoms with Gasteiger partial charge in [-0.05, 0) is 37.6 Å². The molecule has 3 aromatic rings. The summed E-state index contributed by atoms with van der Waals surface area (Å²) in [5, 5.41) is 0.673. The van der Waals surface area contributed by atoms with E-state index in [1.165, 1.54) is 11.1 Å². The van der Waals surface area contributed by atoms with E-state index in [-0.39, 0.29) is 0 Å². The van der Waals surface area contributed by atoms with Crippen LogP contribution < -0.4 is 0 Å². The monoisotopic (exact) mass is 318 g/mol. The average molecular weight is 319 g/mol. The van der Waals surface area contributed by atoms with Gasteiger partial charge >= 0.3 is 0 Å². The van der Waals surface area contributed by atoms with Crippen molar-refractivity contribution in [3.05, 3.63) is 58.4 Å². The number of alkyl halides is 1. The molecule has 3 rings (SSSR count). The van der Waals surface area contributed by atoms with Crippen LogP contribution in [0.1, 0.15) is 17.0 Å². The van der Waals surface area contributed by atoms with E-state index in [2.05, 4.69) is 41.6 Å². The molecule has 0 spiro atoms. The van der Waals surface area contributed by atoms with E-state index < -0.39 is 0 Å². The van der Waals surface area contributed by atoms with Crippen molar-refractivity contribution in [2.75, 3.05) is 5.88 Å². The highest BCUT2D eigenvalue weighted by atomic mass is 35.5. The number of fused-ring (bicyclic) bond motifs is 1. The fourth-order valence-corrected chi connectivity index (χ4v) is 3.07. The summed E-state index contributed by atoms with van der Waals surface area (Å²) in [5.41, 5.74) is 5.45. The second-order valence-electron chi connectivity index (χ2n) is 5.20. The molecule has 4 heteroatoms. The number of imidazole rings is 1. The number of para-hydroxylation sites is 1. The fourth-order valence-electron chi connectivity index (χ4n) is 2.69. The Labute approximate surface area is 134 Å². The second-order valence-corrected chi connectivity index (χ2v) is 5.99. The van der Waals surface area contributed by atoms with Gasteiger partial charge < -0.3 is 0 Å². The molecule has 0 fully saturated rings. The molecule has 0 saturated heterocycles. The smallest absolute Gasteiger partial charge is 0.115 e. The van der Waals surface area contributed by atoms with Gasteiger partial charge in [-0.15, -0.1) is 11.6 Å². The zero-order valence-corrected chi connectivity index (χ0v) is 13.5. The highest BCUT2D eigenvalue weighted by Crippen LogP contribution is 2.28.